The second-order valence-electron chi connectivity index (χ2n) is 3.71. The monoisotopic (exact) mass is 249 g/mol. The molecule has 4 heteroatoms. The van der Waals surface area contributed by atoms with E-state index in [1.54, 1.807) is 17.8 Å². The van der Waals surface area contributed by atoms with Crippen LogP contribution in [-0.4, -0.2) is 18.3 Å². The standard InChI is InChI=1S/C13H15NO2S/c1-10(6-13(15)16-2)17-9-12-5-3-4-11(7-12)8-14/h3-5,7,10H,6,9H2,1-2H3/t10-/m1/s1. The van der Waals surface area contributed by atoms with Crippen LogP contribution < -0.4 is 0 Å². The van der Waals surface area contributed by atoms with Gasteiger partial charge in [0.15, 0.2) is 0 Å². The van der Waals surface area contributed by atoms with Crippen molar-refractivity contribution in [1.82, 2.24) is 0 Å². The molecule has 1 aromatic rings. The maximum Gasteiger partial charge on any atom is 0.306 e. The predicted molar refractivity (Wildman–Crippen MR) is 68.5 cm³/mol. The zero-order chi connectivity index (χ0) is 12.7. The molecule has 0 amide bonds. The molecule has 0 aliphatic heterocycles. The molecule has 0 fully saturated rings. The number of ether oxygens (including phenoxy) is 1. The van der Waals surface area contributed by atoms with E-state index in [4.69, 9.17) is 5.26 Å². The summed E-state index contributed by atoms with van der Waals surface area (Å²) in [5.41, 5.74) is 1.77. The number of carbonyl (C=O) groups excluding carboxylic acids is 1. The maximum atomic E-state index is 11.1. The van der Waals surface area contributed by atoms with Crippen molar-refractivity contribution in [3.05, 3.63) is 35.4 Å². The summed E-state index contributed by atoms with van der Waals surface area (Å²) < 4.78 is 4.61. The van der Waals surface area contributed by atoms with Crippen molar-refractivity contribution in [1.29, 1.82) is 5.26 Å². The quantitative estimate of drug-likeness (QED) is 0.753. The number of methoxy groups -OCH3 is 1. The molecule has 0 radical (unpaired) electrons. The van der Waals surface area contributed by atoms with Crippen LogP contribution in [0.3, 0.4) is 0 Å². The first-order chi connectivity index (χ1) is 8.15. The van der Waals surface area contributed by atoms with Crippen LogP contribution >= 0.6 is 11.8 Å². The second-order valence-corrected chi connectivity index (χ2v) is 5.14. The fourth-order valence-electron chi connectivity index (χ4n) is 1.35. The van der Waals surface area contributed by atoms with Crippen LogP contribution in [0.15, 0.2) is 24.3 Å². The fourth-order valence-corrected chi connectivity index (χ4v) is 2.26. The van der Waals surface area contributed by atoms with Gasteiger partial charge < -0.3 is 4.74 Å². The number of carbonyl (C=O) groups is 1. The summed E-state index contributed by atoms with van der Waals surface area (Å²) >= 11 is 1.68. The number of rotatable bonds is 5. The molecule has 0 spiro atoms. The highest BCUT2D eigenvalue weighted by molar-refractivity contribution is 7.99. The number of thioether (sulfide) groups is 1. The van der Waals surface area contributed by atoms with E-state index >= 15 is 0 Å². The van der Waals surface area contributed by atoms with Crippen LogP contribution in [0.4, 0.5) is 0 Å². The Balaban J connectivity index is 2.44. The molecule has 0 bridgehead atoms. The molecule has 0 heterocycles. The van der Waals surface area contributed by atoms with E-state index in [-0.39, 0.29) is 11.2 Å². The van der Waals surface area contributed by atoms with Gasteiger partial charge in [-0.3, -0.25) is 4.79 Å². The topological polar surface area (TPSA) is 50.1 Å². The summed E-state index contributed by atoms with van der Waals surface area (Å²) in [6.45, 7) is 2.00. The highest BCUT2D eigenvalue weighted by Crippen LogP contribution is 2.20. The van der Waals surface area contributed by atoms with E-state index in [0.717, 1.165) is 11.3 Å². The molecular weight excluding hydrogens is 234 g/mol. The molecule has 0 aliphatic carbocycles. The third-order valence-corrected chi connectivity index (χ3v) is 3.51. The Labute approximate surface area is 106 Å². The molecule has 0 aliphatic rings. The average molecular weight is 249 g/mol. The van der Waals surface area contributed by atoms with Crippen molar-refractivity contribution < 1.29 is 9.53 Å². The predicted octanol–water partition coefficient (Wildman–Crippen LogP) is 2.74. The van der Waals surface area contributed by atoms with Crippen LogP contribution in [0.25, 0.3) is 0 Å². The lowest BCUT2D eigenvalue weighted by molar-refractivity contribution is -0.140. The SMILES string of the molecule is COC(=O)C[C@@H](C)SCc1cccc(C#N)c1. The number of hydrogen-bond acceptors (Lipinski definition) is 4. The van der Waals surface area contributed by atoms with Crippen molar-refractivity contribution in [2.45, 2.75) is 24.3 Å². The van der Waals surface area contributed by atoms with Gasteiger partial charge in [-0.2, -0.15) is 17.0 Å². The molecule has 1 aromatic carbocycles. The van der Waals surface area contributed by atoms with Crippen LogP contribution in [0.1, 0.15) is 24.5 Å². The molecule has 0 unspecified atom stereocenters. The minimum atomic E-state index is -0.184. The van der Waals surface area contributed by atoms with E-state index in [1.807, 2.05) is 25.1 Å². The average Bonchev–Trinajstić information content (AvgIpc) is 2.36. The second kappa shape index (κ2) is 6.97. The Morgan fingerprint density at radius 3 is 3.00 bits per heavy atom. The summed E-state index contributed by atoms with van der Waals surface area (Å²) in [5.74, 6) is 0.615. The van der Waals surface area contributed by atoms with E-state index in [2.05, 4.69) is 10.8 Å². The van der Waals surface area contributed by atoms with Crippen LogP contribution in [-0.2, 0) is 15.3 Å². The summed E-state index contributed by atoms with van der Waals surface area (Å²) in [6, 6.07) is 9.63. The number of esters is 1. The van der Waals surface area contributed by atoms with Crippen LogP contribution in [0.5, 0.6) is 0 Å². The van der Waals surface area contributed by atoms with Gasteiger partial charge in [-0.25, -0.2) is 0 Å². The lowest BCUT2D eigenvalue weighted by Crippen LogP contribution is -2.08. The summed E-state index contributed by atoms with van der Waals surface area (Å²) in [4.78, 5) is 11.1. The largest absolute Gasteiger partial charge is 0.469 e. The summed E-state index contributed by atoms with van der Waals surface area (Å²) in [7, 11) is 1.40. The van der Waals surface area contributed by atoms with Crippen LogP contribution in [0.2, 0.25) is 0 Å². The van der Waals surface area contributed by atoms with Crippen molar-refractivity contribution in [3.63, 3.8) is 0 Å². The van der Waals surface area contributed by atoms with E-state index in [9.17, 15) is 4.79 Å². The van der Waals surface area contributed by atoms with Crippen molar-refractivity contribution in [2.24, 2.45) is 0 Å². The third-order valence-electron chi connectivity index (χ3n) is 2.27. The Morgan fingerprint density at radius 2 is 2.35 bits per heavy atom. The lowest BCUT2D eigenvalue weighted by atomic mass is 10.2. The number of nitrogens with zero attached hydrogens (tertiary/aromatic N) is 1. The minimum absolute atomic E-state index is 0.184. The van der Waals surface area contributed by atoms with Gasteiger partial charge in [0.05, 0.1) is 25.2 Å². The lowest BCUT2D eigenvalue weighted by Gasteiger charge is -2.09. The maximum absolute atomic E-state index is 11.1. The highest BCUT2D eigenvalue weighted by atomic mass is 32.2. The third kappa shape index (κ3) is 4.92. The van der Waals surface area contributed by atoms with Crippen molar-refractivity contribution >= 4 is 17.7 Å². The van der Waals surface area contributed by atoms with E-state index in [1.165, 1.54) is 7.11 Å². The Morgan fingerprint density at radius 1 is 1.59 bits per heavy atom. The van der Waals surface area contributed by atoms with Crippen molar-refractivity contribution in [2.75, 3.05) is 7.11 Å². The number of hydrogen-bond donors (Lipinski definition) is 0. The molecule has 90 valence electrons. The highest BCUT2D eigenvalue weighted by Gasteiger charge is 2.09. The number of nitriles is 1. The molecule has 17 heavy (non-hydrogen) atoms. The van der Waals surface area contributed by atoms with Gasteiger partial charge in [0.2, 0.25) is 0 Å². The Kier molecular flexibility index (Phi) is 5.58. The molecule has 1 rings (SSSR count). The van der Waals surface area contributed by atoms with Gasteiger partial charge in [-0.15, -0.1) is 0 Å². The zero-order valence-electron chi connectivity index (χ0n) is 9.97. The first-order valence-corrected chi connectivity index (χ1v) is 6.38. The van der Waals surface area contributed by atoms with Gasteiger partial charge in [0.25, 0.3) is 0 Å². The smallest absolute Gasteiger partial charge is 0.306 e. The first kappa shape index (κ1) is 13.6. The fraction of sp³-hybridized carbons (Fsp3) is 0.385. The number of benzene rings is 1. The van der Waals surface area contributed by atoms with Gasteiger partial charge in [-0.05, 0) is 17.7 Å². The summed E-state index contributed by atoms with van der Waals surface area (Å²) in [6.07, 6.45) is 0.416. The van der Waals surface area contributed by atoms with Gasteiger partial charge >= 0.3 is 5.97 Å². The van der Waals surface area contributed by atoms with E-state index in [0.29, 0.717) is 12.0 Å². The molecular formula is C13H15NO2S. The molecule has 1 atom stereocenters. The molecule has 0 saturated carbocycles. The zero-order valence-corrected chi connectivity index (χ0v) is 10.8. The molecule has 0 aromatic heterocycles. The normalized spacial score (nSPS) is 11.6. The van der Waals surface area contributed by atoms with Gasteiger partial charge in [-0.1, -0.05) is 19.1 Å². The van der Waals surface area contributed by atoms with Crippen LogP contribution in [0, 0.1) is 11.3 Å². The van der Waals surface area contributed by atoms with Gasteiger partial charge in [0.1, 0.15) is 0 Å². The van der Waals surface area contributed by atoms with Gasteiger partial charge in [0, 0.05) is 11.0 Å². The molecule has 0 N–H and O–H groups in total. The Hall–Kier alpha value is -1.47. The minimum Gasteiger partial charge on any atom is -0.469 e. The molecule has 3 nitrogen and oxygen atoms in total. The van der Waals surface area contributed by atoms with E-state index < -0.39 is 0 Å². The Bertz CT molecular complexity index is 426. The first-order valence-electron chi connectivity index (χ1n) is 5.33. The summed E-state index contributed by atoms with van der Waals surface area (Å²) in [5, 5.41) is 8.99. The van der Waals surface area contributed by atoms with Crippen molar-refractivity contribution in [3.8, 4) is 6.07 Å². The molecule has 0 saturated heterocycles.